The number of nitrogens with zero attached hydrogens (tertiary/aromatic N) is 2. The summed E-state index contributed by atoms with van der Waals surface area (Å²) in [5, 5.41) is 3.92. The van der Waals surface area contributed by atoms with Crippen molar-refractivity contribution in [3.63, 3.8) is 0 Å². The van der Waals surface area contributed by atoms with Gasteiger partial charge in [-0.15, -0.1) is 0 Å². The van der Waals surface area contributed by atoms with Crippen molar-refractivity contribution in [3.8, 4) is 16.9 Å². The van der Waals surface area contributed by atoms with Crippen LogP contribution in [0.25, 0.3) is 11.1 Å². The second-order valence-electron chi connectivity index (χ2n) is 10.3. The van der Waals surface area contributed by atoms with Crippen LogP contribution in [0.1, 0.15) is 48.2 Å². The predicted octanol–water partition coefficient (Wildman–Crippen LogP) is 7.77. The normalized spacial score (nSPS) is 16.4. The van der Waals surface area contributed by atoms with Gasteiger partial charge in [0.1, 0.15) is 17.7 Å². The quantitative estimate of drug-likeness (QED) is 0.215. The number of aromatic nitrogens is 1. The third-order valence-corrected chi connectivity index (χ3v) is 8.91. The third-order valence-electron chi connectivity index (χ3n) is 7.51. The van der Waals surface area contributed by atoms with Crippen molar-refractivity contribution in [2.45, 2.75) is 49.0 Å². The lowest BCUT2D eigenvalue weighted by Gasteiger charge is -2.30. The Morgan fingerprint density at radius 2 is 1.62 bits per heavy atom. The Morgan fingerprint density at radius 1 is 0.975 bits per heavy atom. The monoisotopic (exact) mass is 564 g/mol. The first-order valence-electron chi connectivity index (χ1n) is 12.7. The zero-order chi connectivity index (χ0) is 28.8. The molecule has 206 valence electrons. The number of hydrogen-bond acceptors (Lipinski definition) is 5. The van der Waals surface area contributed by atoms with Gasteiger partial charge in [0, 0.05) is 22.3 Å². The zero-order valence-corrected chi connectivity index (χ0v) is 23.2. The summed E-state index contributed by atoms with van der Waals surface area (Å²) in [4.78, 5) is 26.7. The summed E-state index contributed by atoms with van der Waals surface area (Å²) in [6, 6.07) is 15.3. The molecule has 4 aromatic rings. The number of thioether (sulfide) groups is 1. The van der Waals surface area contributed by atoms with E-state index in [-0.39, 0.29) is 28.9 Å². The van der Waals surface area contributed by atoms with E-state index in [1.165, 1.54) is 53.8 Å². The molecular weight excluding hydrogens is 537 g/mol. The summed E-state index contributed by atoms with van der Waals surface area (Å²) in [6.45, 7) is 5.44. The first-order chi connectivity index (χ1) is 19.1. The third kappa shape index (κ3) is 4.52. The van der Waals surface area contributed by atoms with Gasteiger partial charge < -0.3 is 4.74 Å². The molecule has 0 saturated carbocycles. The first kappa shape index (κ1) is 27.7. The van der Waals surface area contributed by atoms with Crippen molar-refractivity contribution >= 4 is 11.8 Å². The Bertz CT molecular complexity index is 1650. The summed E-state index contributed by atoms with van der Waals surface area (Å²) < 4.78 is 51.3. The lowest BCUT2D eigenvalue weighted by atomic mass is 9.89. The molecule has 5 rings (SSSR count). The second kappa shape index (κ2) is 10.6. The van der Waals surface area contributed by atoms with Gasteiger partial charge in [-0.05, 0) is 55.7 Å². The SMILES string of the molecule is COc1cccc(-c2c(C)c(Cc3c(F)cccc3F)c3n(c2=O)C(C(N=O)c2ccccc2)C(C)(C)S3)c1F. The minimum atomic E-state index is -0.952. The highest BCUT2D eigenvalue weighted by atomic mass is 32.2. The molecule has 2 unspecified atom stereocenters. The molecular formula is C31H27F3N2O3S. The maximum absolute atomic E-state index is 15.6. The molecule has 2 heterocycles. The average Bonchev–Trinajstić information content (AvgIpc) is 3.21. The number of ether oxygens (including phenoxy) is 1. The number of hydrogen-bond donors (Lipinski definition) is 0. The molecule has 0 saturated heterocycles. The van der Waals surface area contributed by atoms with Crippen LogP contribution in [-0.2, 0) is 6.42 Å². The lowest BCUT2D eigenvalue weighted by Crippen LogP contribution is -2.36. The molecule has 5 nitrogen and oxygen atoms in total. The molecule has 0 aliphatic carbocycles. The van der Waals surface area contributed by atoms with Crippen molar-refractivity contribution in [1.82, 2.24) is 4.57 Å². The Labute approximate surface area is 234 Å². The summed E-state index contributed by atoms with van der Waals surface area (Å²) in [5.41, 5.74) is 0.824. The molecule has 40 heavy (non-hydrogen) atoms. The highest BCUT2D eigenvalue weighted by Crippen LogP contribution is 2.55. The smallest absolute Gasteiger partial charge is 0.260 e. The van der Waals surface area contributed by atoms with Crippen molar-refractivity contribution < 1.29 is 17.9 Å². The predicted molar refractivity (Wildman–Crippen MR) is 150 cm³/mol. The van der Waals surface area contributed by atoms with Gasteiger partial charge in [0.25, 0.3) is 5.56 Å². The van der Waals surface area contributed by atoms with Crippen molar-refractivity contribution in [2.75, 3.05) is 7.11 Å². The fraction of sp³-hybridized carbons (Fsp3) is 0.258. The molecule has 2 atom stereocenters. The molecule has 0 spiro atoms. The Morgan fingerprint density at radius 3 is 2.25 bits per heavy atom. The Hall–Kier alpha value is -3.85. The van der Waals surface area contributed by atoms with Gasteiger partial charge in [-0.1, -0.05) is 65.5 Å². The number of fused-ring (bicyclic) bond motifs is 1. The van der Waals surface area contributed by atoms with Crippen LogP contribution in [0.3, 0.4) is 0 Å². The van der Waals surface area contributed by atoms with Gasteiger partial charge in [0.15, 0.2) is 11.6 Å². The van der Waals surface area contributed by atoms with Gasteiger partial charge in [-0.3, -0.25) is 9.36 Å². The highest BCUT2D eigenvalue weighted by Gasteiger charge is 2.48. The minimum Gasteiger partial charge on any atom is -0.494 e. The van der Waals surface area contributed by atoms with Gasteiger partial charge in [0.05, 0.1) is 23.7 Å². The first-order valence-corrected chi connectivity index (χ1v) is 13.5. The van der Waals surface area contributed by atoms with Crippen LogP contribution in [0, 0.1) is 29.3 Å². The Balaban J connectivity index is 1.86. The fourth-order valence-corrected chi connectivity index (χ4v) is 7.05. The van der Waals surface area contributed by atoms with Crippen LogP contribution in [0.15, 0.2) is 81.7 Å². The van der Waals surface area contributed by atoms with E-state index in [9.17, 15) is 18.5 Å². The van der Waals surface area contributed by atoms with Gasteiger partial charge in [-0.2, -0.15) is 4.91 Å². The molecule has 3 aromatic carbocycles. The second-order valence-corrected chi connectivity index (χ2v) is 11.9. The van der Waals surface area contributed by atoms with E-state index in [0.717, 1.165) is 0 Å². The number of methoxy groups -OCH3 is 1. The van der Waals surface area contributed by atoms with Gasteiger partial charge >= 0.3 is 0 Å². The molecule has 1 aromatic heterocycles. The molecule has 0 bridgehead atoms. The molecule has 9 heteroatoms. The molecule has 0 fully saturated rings. The van der Waals surface area contributed by atoms with Crippen LogP contribution in [-0.4, -0.2) is 16.4 Å². The van der Waals surface area contributed by atoms with Crippen molar-refractivity contribution in [3.05, 3.63) is 122 Å². The molecule has 0 amide bonds. The molecule has 0 radical (unpaired) electrons. The molecule has 1 aliphatic rings. The van der Waals surface area contributed by atoms with E-state index in [1.807, 2.05) is 19.9 Å². The van der Waals surface area contributed by atoms with E-state index in [4.69, 9.17) is 4.74 Å². The standard InChI is InChI=1S/C31H27F3N2O3S/c1-17-20(16-21-22(32)13-9-14-23(21)33)30-36(29(37)25(17)19-12-8-15-24(39-4)26(19)34)28(31(2,3)40-30)27(35-38)18-10-6-5-7-11-18/h5-15,27-28H,16H2,1-4H3. The van der Waals surface area contributed by atoms with E-state index >= 15 is 4.39 Å². The summed E-state index contributed by atoms with van der Waals surface area (Å²) >= 11 is 1.34. The topological polar surface area (TPSA) is 60.7 Å². The van der Waals surface area contributed by atoms with Crippen LogP contribution in [0.5, 0.6) is 5.75 Å². The number of nitroso groups, excluding NO2 is 1. The zero-order valence-electron chi connectivity index (χ0n) is 22.4. The average molecular weight is 565 g/mol. The van der Waals surface area contributed by atoms with Crippen molar-refractivity contribution in [1.29, 1.82) is 0 Å². The van der Waals surface area contributed by atoms with Crippen LogP contribution >= 0.6 is 11.8 Å². The van der Waals surface area contributed by atoms with Gasteiger partial charge in [-0.25, -0.2) is 13.2 Å². The maximum Gasteiger partial charge on any atom is 0.260 e. The number of pyridine rings is 1. The lowest BCUT2D eigenvalue weighted by molar-refractivity contribution is 0.340. The fourth-order valence-electron chi connectivity index (χ4n) is 5.55. The van der Waals surface area contributed by atoms with E-state index in [2.05, 4.69) is 5.18 Å². The highest BCUT2D eigenvalue weighted by molar-refractivity contribution is 8.00. The van der Waals surface area contributed by atoms with Crippen LogP contribution < -0.4 is 10.3 Å². The number of rotatable bonds is 7. The van der Waals surface area contributed by atoms with Crippen molar-refractivity contribution in [2.24, 2.45) is 5.18 Å². The largest absolute Gasteiger partial charge is 0.494 e. The van der Waals surface area contributed by atoms with E-state index < -0.39 is 39.8 Å². The molecule has 1 aliphatic heterocycles. The van der Waals surface area contributed by atoms with Gasteiger partial charge in [0.2, 0.25) is 0 Å². The van der Waals surface area contributed by atoms with Crippen LogP contribution in [0.2, 0.25) is 0 Å². The number of halogens is 3. The Kier molecular flexibility index (Phi) is 7.35. The summed E-state index contributed by atoms with van der Waals surface area (Å²) in [7, 11) is 1.33. The summed E-state index contributed by atoms with van der Waals surface area (Å²) in [5.74, 6) is -2.24. The van der Waals surface area contributed by atoms with E-state index in [1.54, 1.807) is 37.3 Å². The maximum atomic E-state index is 15.6. The van der Waals surface area contributed by atoms with E-state index in [0.29, 0.717) is 21.7 Å². The number of benzene rings is 3. The minimum absolute atomic E-state index is 0.00353. The molecule has 0 N–H and O–H groups in total. The summed E-state index contributed by atoms with van der Waals surface area (Å²) in [6.07, 6.45) is -0.182. The van der Waals surface area contributed by atoms with Crippen LogP contribution in [0.4, 0.5) is 13.2 Å².